The van der Waals surface area contributed by atoms with E-state index in [1.807, 2.05) is 0 Å². The third-order valence-electron chi connectivity index (χ3n) is 3.39. The molecule has 2 rings (SSSR count). The summed E-state index contributed by atoms with van der Waals surface area (Å²) in [6, 6.07) is 6.50. The van der Waals surface area contributed by atoms with Gasteiger partial charge in [-0.25, -0.2) is 0 Å². The highest BCUT2D eigenvalue weighted by molar-refractivity contribution is 6.00. The van der Waals surface area contributed by atoms with Crippen molar-refractivity contribution in [1.29, 1.82) is 0 Å². The van der Waals surface area contributed by atoms with Gasteiger partial charge in [-0.15, -0.1) is 0 Å². The van der Waals surface area contributed by atoms with E-state index in [9.17, 15) is 36.7 Å². The molecule has 2 aromatic carbocycles. The number of ketones is 1. The molecular weight excluding hydrogens is 354 g/mol. The Morgan fingerprint density at radius 3 is 1.56 bits per heavy atom. The van der Waals surface area contributed by atoms with Crippen LogP contribution in [-0.2, 0) is 12.4 Å². The highest BCUT2D eigenvalue weighted by atomic mass is 19.4. The first-order chi connectivity index (χ1) is 11.5. The molecule has 1 N–H and O–H groups in total. The van der Waals surface area contributed by atoms with Crippen LogP contribution in [0.2, 0.25) is 0 Å². The minimum Gasteiger partial charge on any atom is -0.462 e. The van der Waals surface area contributed by atoms with Crippen LogP contribution < -0.4 is 5.26 Å². The number of alkyl halides is 6. The smallest absolute Gasteiger partial charge is 0.416 e. The summed E-state index contributed by atoms with van der Waals surface area (Å²) in [4.78, 5) is 0. The highest BCUT2D eigenvalue weighted by Crippen LogP contribution is 2.31. The zero-order chi connectivity index (χ0) is 18.8. The van der Waals surface area contributed by atoms with Crippen molar-refractivity contribution in [3.8, 4) is 0 Å². The summed E-state index contributed by atoms with van der Waals surface area (Å²) in [5, 5.41) is 20.9. The summed E-state index contributed by atoms with van der Waals surface area (Å²) in [5.74, 6) is -0.631. The number of carbonyl (C=O) groups excluding carboxylic acids is 1. The lowest BCUT2D eigenvalue weighted by Gasteiger charge is -2.10. The summed E-state index contributed by atoms with van der Waals surface area (Å²) in [6.07, 6.45) is -10.9. The molecule has 0 spiro atoms. The molecule has 9 heteroatoms. The zero-order valence-corrected chi connectivity index (χ0v) is 12.2. The van der Waals surface area contributed by atoms with Crippen molar-refractivity contribution in [3.05, 3.63) is 70.8 Å². The second-order valence-electron chi connectivity index (χ2n) is 5.04. The minimum absolute atomic E-state index is 0.0845. The van der Waals surface area contributed by atoms with Gasteiger partial charge in [-0.3, -0.25) is 0 Å². The summed E-state index contributed by atoms with van der Waals surface area (Å²) < 4.78 is 78.9. The summed E-state index contributed by atoms with van der Waals surface area (Å²) in [5.41, 5.74) is -2.14. The van der Waals surface area contributed by atoms with Crippen LogP contribution in [-0.4, -0.2) is 10.9 Å². The first kappa shape index (κ1) is 18.8. The predicted molar refractivity (Wildman–Crippen MR) is 72.2 cm³/mol. The van der Waals surface area contributed by atoms with Crippen LogP contribution in [0.1, 0.15) is 32.9 Å². The average Bonchev–Trinajstić information content (AvgIpc) is 2.54. The van der Waals surface area contributed by atoms with E-state index in [0.717, 1.165) is 24.3 Å². The Kier molecular flexibility index (Phi) is 5.07. The number of halogens is 6. The Morgan fingerprint density at radius 2 is 1.20 bits per heavy atom. The molecule has 0 aliphatic carbocycles. The van der Waals surface area contributed by atoms with Gasteiger partial charge in [-0.2, -0.15) is 30.9 Å². The molecule has 134 valence electrons. The molecule has 3 nitrogen and oxygen atoms in total. The first-order valence-corrected chi connectivity index (χ1v) is 6.73. The lowest BCUT2D eigenvalue weighted by atomic mass is 9.98. The fraction of sp³-hybridized carbons (Fsp3) is 0.188. The van der Waals surface area contributed by atoms with Gasteiger partial charge in [0.2, 0.25) is 0 Å². The molecule has 0 radical (unpaired) electrons. The van der Waals surface area contributed by atoms with Crippen molar-refractivity contribution in [3.63, 3.8) is 0 Å². The van der Waals surface area contributed by atoms with E-state index in [-0.39, 0.29) is 11.1 Å². The summed E-state index contributed by atoms with van der Waals surface area (Å²) >= 11 is 0. The molecule has 0 bridgehead atoms. The van der Waals surface area contributed by atoms with Crippen molar-refractivity contribution >= 4 is 5.78 Å². The van der Waals surface area contributed by atoms with Crippen molar-refractivity contribution < 1.29 is 41.3 Å². The number of aliphatic hydroxyl groups excluding tert-OH is 1. The van der Waals surface area contributed by atoms with E-state index in [1.165, 1.54) is 0 Å². The number of rotatable bonds is 3. The van der Waals surface area contributed by atoms with E-state index in [2.05, 4.69) is 4.58 Å². The van der Waals surface area contributed by atoms with Crippen LogP contribution in [0, 0.1) is 0 Å². The van der Waals surface area contributed by atoms with Crippen LogP contribution in [0.15, 0.2) is 48.5 Å². The summed E-state index contributed by atoms with van der Waals surface area (Å²) in [7, 11) is 0. The Bertz CT molecular complexity index is 745. The maximum atomic E-state index is 12.5. The van der Waals surface area contributed by atoms with Crippen molar-refractivity contribution in [1.82, 2.24) is 0 Å². The molecular formula is C16H10F6O3. The van der Waals surface area contributed by atoms with Crippen LogP contribution in [0.5, 0.6) is 0 Å². The van der Waals surface area contributed by atoms with Gasteiger partial charge in [-0.05, 0) is 42.0 Å². The van der Waals surface area contributed by atoms with E-state index in [4.69, 9.17) is 0 Å². The largest absolute Gasteiger partial charge is 0.462 e. The van der Waals surface area contributed by atoms with Crippen molar-refractivity contribution in [2.75, 3.05) is 0 Å². The standard InChI is InChI=1S/C16H10F6O3/c17-15(18,19)11-5-1-9(2-6-11)13(23)14(25-24)10-3-7-12(8-4-10)16(20,21)22/h1-8,13,23H. The highest BCUT2D eigenvalue weighted by Gasteiger charge is 2.34. The molecule has 0 aliphatic heterocycles. The number of benzene rings is 2. The fourth-order valence-corrected chi connectivity index (χ4v) is 2.08. The quantitative estimate of drug-likeness (QED) is 0.298. The minimum atomic E-state index is -4.58. The Hall–Kier alpha value is -2.55. The van der Waals surface area contributed by atoms with Gasteiger partial charge in [-0.1, -0.05) is 12.1 Å². The van der Waals surface area contributed by atoms with E-state index < -0.39 is 35.4 Å². The molecule has 0 aliphatic rings. The second-order valence-corrected chi connectivity index (χ2v) is 5.04. The fourth-order valence-electron chi connectivity index (χ4n) is 2.08. The van der Waals surface area contributed by atoms with E-state index in [1.54, 1.807) is 0 Å². The Balaban J connectivity index is 2.28. The number of hydrogen-bond donors (Lipinski definition) is 1. The lowest BCUT2D eigenvalue weighted by Crippen LogP contribution is -2.18. The molecule has 1 unspecified atom stereocenters. The number of hydrogen-bond acceptors (Lipinski definition) is 2. The molecule has 0 saturated heterocycles. The second kappa shape index (κ2) is 6.75. The molecule has 0 amide bonds. The van der Waals surface area contributed by atoms with Gasteiger partial charge >= 0.3 is 18.1 Å². The van der Waals surface area contributed by atoms with E-state index >= 15 is 0 Å². The maximum Gasteiger partial charge on any atom is 0.416 e. The Morgan fingerprint density at radius 1 is 0.800 bits per heavy atom. The first-order valence-electron chi connectivity index (χ1n) is 6.73. The lowest BCUT2D eigenvalue weighted by molar-refractivity contribution is -0.938. The molecule has 0 saturated carbocycles. The third kappa shape index (κ3) is 4.30. The normalized spacial score (nSPS) is 14.4. The zero-order valence-electron chi connectivity index (χ0n) is 12.2. The topological polar surface area (TPSA) is 54.6 Å². The van der Waals surface area contributed by atoms with Gasteiger partial charge < -0.3 is 10.4 Å². The Labute approximate surface area is 137 Å². The van der Waals surface area contributed by atoms with E-state index in [0.29, 0.717) is 24.3 Å². The van der Waals surface area contributed by atoms with Gasteiger partial charge in [0, 0.05) is 0 Å². The molecule has 0 heterocycles. The number of aliphatic hydroxyl groups is 1. The van der Waals surface area contributed by atoms with Gasteiger partial charge in [0.1, 0.15) is 0 Å². The SMILES string of the molecule is [O-][O+]=C(c1ccc(C(F)(F)F)cc1)C(O)c1ccc(C(F)(F)F)cc1. The summed E-state index contributed by atoms with van der Waals surface area (Å²) in [6.45, 7) is 0. The van der Waals surface area contributed by atoms with Crippen LogP contribution in [0.4, 0.5) is 26.3 Å². The van der Waals surface area contributed by atoms with Gasteiger partial charge in [0.05, 0.1) is 16.7 Å². The molecule has 0 aromatic heterocycles. The molecule has 25 heavy (non-hydrogen) atoms. The van der Waals surface area contributed by atoms with Gasteiger partial charge in [0.15, 0.2) is 6.10 Å². The maximum absolute atomic E-state index is 12.5. The van der Waals surface area contributed by atoms with Gasteiger partial charge in [0.25, 0.3) is 0 Å². The molecule has 1 atom stereocenters. The van der Waals surface area contributed by atoms with Crippen molar-refractivity contribution in [2.24, 2.45) is 0 Å². The average molecular weight is 364 g/mol. The van der Waals surface area contributed by atoms with Crippen LogP contribution in [0.3, 0.4) is 0 Å². The van der Waals surface area contributed by atoms with Crippen LogP contribution >= 0.6 is 0 Å². The molecule has 2 aromatic rings. The van der Waals surface area contributed by atoms with Crippen molar-refractivity contribution in [2.45, 2.75) is 18.5 Å². The van der Waals surface area contributed by atoms with Crippen LogP contribution in [0.25, 0.3) is 0 Å². The third-order valence-corrected chi connectivity index (χ3v) is 3.39. The predicted octanol–water partition coefficient (Wildman–Crippen LogP) is 3.45. The monoisotopic (exact) mass is 364 g/mol. The molecule has 0 fully saturated rings.